The highest BCUT2D eigenvalue weighted by Gasteiger charge is 2.51. The Morgan fingerprint density at radius 3 is 2.50 bits per heavy atom. The van der Waals surface area contributed by atoms with Crippen molar-refractivity contribution in [2.24, 2.45) is 4.99 Å². The van der Waals surface area contributed by atoms with Crippen molar-refractivity contribution >= 4 is 44.5 Å². The predicted molar refractivity (Wildman–Crippen MR) is 114 cm³/mol. The van der Waals surface area contributed by atoms with E-state index in [-0.39, 0.29) is 22.4 Å². The molecule has 2 aliphatic rings. The van der Waals surface area contributed by atoms with E-state index in [1.807, 2.05) is 0 Å². The number of alkyl halides is 3. The lowest BCUT2D eigenvalue weighted by atomic mass is 10.1. The number of halogens is 3. The van der Waals surface area contributed by atoms with E-state index in [9.17, 15) is 31.2 Å². The number of anilines is 1. The number of amidine groups is 1. The van der Waals surface area contributed by atoms with Crippen molar-refractivity contribution in [3.05, 3.63) is 29.8 Å². The molecule has 2 atom stereocenters. The van der Waals surface area contributed by atoms with E-state index < -0.39 is 57.0 Å². The van der Waals surface area contributed by atoms with E-state index >= 15 is 0 Å². The smallest absolute Gasteiger partial charge is 0.418 e. The normalized spacial score (nSPS) is 23.8. The third-order valence-electron chi connectivity index (χ3n) is 4.54. The van der Waals surface area contributed by atoms with Gasteiger partial charge in [0.05, 0.1) is 28.8 Å². The highest BCUT2D eigenvalue weighted by molar-refractivity contribution is 8.16. The molecule has 2 heterocycles. The van der Waals surface area contributed by atoms with Crippen molar-refractivity contribution in [1.29, 1.82) is 0 Å². The maximum absolute atomic E-state index is 13.6. The van der Waals surface area contributed by atoms with E-state index in [0.717, 1.165) is 17.8 Å². The van der Waals surface area contributed by atoms with Gasteiger partial charge in [0.25, 0.3) is 5.91 Å². The number of carbonyl (C=O) groups is 2. The van der Waals surface area contributed by atoms with Crippen LogP contribution < -0.4 is 10.2 Å². The molecule has 2 saturated heterocycles. The van der Waals surface area contributed by atoms with Gasteiger partial charge in [-0.3, -0.25) is 4.79 Å². The van der Waals surface area contributed by atoms with Gasteiger partial charge in [-0.05, 0) is 32.9 Å². The summed E-state index contributed by atoms with van der Waals surface area (Å²) in [7, 11) is -3.44. The minimum absolute atomic E-state index is 0.0393. The van der Waals surface area contributed by atoms with Gasteiger partial charge in [0.2, 0.25) is 0 Å². The number of benzene rings is 1. The number of amides is 2. The Morgan fingerprint density at radius 2 is 1.88 bits per heavy atom. The maximum atomic E-state index is 13.6. The summed E-state index contributed by atoms with van der Waals surface area (Å²) in [6, 6.07) is 3.94. The first kappa shape index (κ1) is 24.4. The number of rotatable bonds is 3. The molecular weight excluding hydrogens is 471 g/mol. The van der Waals surface area contributed by atoms with Gasteiger partial charge < -0.3 is 15.0 Å². The van der Waals surface area contributed by atoms with Crippen LogP contribution in [0.3, 0.4) is 0 Å². The Balaban J connectivity index is 1.89. The summed E-state index contributed by atoms with van der Waals surface area (Å²) in [4.78, 5) is 29.1. The number of thioether (sulfide) groups is 1. The molecule has 1 aromatic rings. The molecule has 2 amide bonds. The van der Waals surface area contributed by atoms with E-state index in [1.165, 1.54) is 23.1 Å². The zero-order valence-electron chi connectivity index (χ0n) is 17.5. The number of nitrogens with one attached hydrogen (secondary N) is 1. The standard InChI is InChI=1S/C19H22F3N3O5S2/c1-18(2,3)30-17(27)23-8-15(26)24-16-25(13-9-32(28,29)10-14(13)31-16)12-7-5-4-6-11(12)19(20,21)22/h4-7,13-14H,8-10H2,1-3H3,(H,23,27)/t13-,14-/m0/s1. The van der Waals surface area contributed by atoms with Crippen molar-refractivity contribution in [1.82, 2.24) is 5.32 Å². The highest BCUT2D eigenvalue weighted by atomic mass is 32.2. The third-order valence-corrected chi connectivity index (χ3v) is 7.75. The Hall–Kier alpha value is -2.28. The number of hydrogen-bond donors (Lipinski definition) is 1. The molecule has 176 valence electrons. The van der Waals surface area contributed by atoms with E-state index in [0.29, 0.717) is 0 Å². The first-order valence-corrected chi connectivity index (χ1v) is 12.3. The van der Waals surface area contributed by atoms with Gasteiger partial charge >= 0.3 is 12.3 Å². The van der Waals surface area contributed by atoms with Crippen molar-refractivity contribution in [3.8, 4) is 0 Å². The number of fused-ring (bicyclic) bond motifs is 1. The average molecular weight is 494 g/mol. The molecule has 13 heteroatoms. The summed E-state index contributed by atoms with van der Waals surface area (Å²) < 4.78 is 70.0. The van der Waals surface area contributed by atoms with Crippen LogP contribution in [0.1, 0.15) is 26.3 Å². The minimum Gasteiger partial charge on any atom is -0.444 e. The summed E-state index contributed by atoms with van der Waals surface area (Å²) in [5.41, 5.74) is -2.01. The molecule has 2 aliphatic heterocycles. The first-order chi connectivity index (χ1) is 14.7. The number of alkyl carbamates (subject to hydrolysis) is 1. The van der Waals surface area contributed by atoms with Crippen LogP contribution >= 0.6 is 11.8 Å². The second-order valence-electron chi connectivity index (χ2n) is 8.33. The quantitative estimate of drug-likeness (QED) is 0.690. The molecule has 0 saturated carbocycles. The maximum Gasteiger partial charge on any atom is 0.418 e. The largest absolute Gasteiger partial charge is 0.444 e. The van der Waals surface area contributed by atoms with Crippen molar-refractivity contribution in [2.45, 2.75) is 43.8 Å². The molecule has 3 rings (SSSR count). The van der Waals surface area contributed by atoms with Crippen LogP contribution in [0.4, 0.5) is 23.7 Å². The van der Waals surface area contributed by atoms with Crippen molar-refractivity contribution in [3.63, 3.8) is 0 Å². The summed E-state index contributed by atoms with van der Waals surface area (Å²) >= 11 is 0.943. The average Bonchev–Trinajstić information content (AvgIpc) is 3.08. The third kappa shape index (κ3) is 5.74. The fourth-order valence-electron chi connectivity index (χ4n) is 3.38. The van der Waals surface area contributed by atoms with Crippen LogP contribution in [0.25, 0.3) is 0 Å². The summed E-state index contributed by atoms with van der Waals surface area (Å²) in [6.07, 6.45) is -5.53. The molecule has 8 nitrogen and oxygen atoms in total. The van der Waals surface area contributed by atoms with Gasteiger partial charge in [-0.2, -0.15) is 18.2 Å². The first-order valence-electron chi connectivity index (χ1n) is 9.57. The van der Waals surface area contributed by atoms with Crippen molar-refractivity contribution in [2.75, 3.05) is 23.0 Å². The number of hydrogen-bond acceptors (Lipinski definition) is 6. The van der Waals surface area contributed by atoms with Gasteiger partial charge in [-0.1, -0.05) is 23.9 Å². The van der Waals surface area contributed by atoms with Crippen LogP contribution in [0.2, 0.25) is 0 Å². The Bertz CT molecular complexity index is 1050. The SMILES string of the molecule is CC(C)(C)OC(=O)NCC(=O)N=C1S[C@H]2CS(=O)(=O)C[C@@H]2N1c1ccccc1C(F)(F)F. The molecule has 0 spiro atoms. The van der Waals surface area contributed by atoms with Crippen molar-refractivity contribution < 1.29 is 35.9 Å². The fraction of sp³-hybridized carbons (Fsp3) is 0.526. The van der Waals surface area contributed by atoms with Crippen LogP contribution in [0.15, 0.2) is 29.3 Å². The van der Waals surface area contributed by atoms with Gasteiger partial charge in [0, 0.05) is 5.25 Å². The zero-order valence-corrected chi connectivity index (χ0v) is 19.1. The van der Waals surface area contributed by atoms with Crippen LogP contribution in [0.5, 0.6) is 0 Å². The molecule has 0 bridgehead atoms. The zero-order chi connectivity index (χ0) is 23.9. The summed E-state index contributed by atoms with van der Waals surface area (Å²) in [5.74, 6) is -1.38. The fourth-order valence-corrected chi connectivity index (χ4v) is 7.30. The molecule has 0 aromatic heterocycles. The molecule has 0 aliphatic carbocycles. The van der Waals surface area contributed by atoms with Gasteiger partial charge in [0.1, 0.15) is 12.1 Å². The monoisotopic (exact) mass is 493 g/mol. The lowest BCUT2D eigenvalue weighted by Gasteiger charge is -2.27. The number of aliphatic imine (C=N–C) groups is 1. The molecule has 0 unspecified atom stereocenters. The summed E-state index contributed by atoms with van der Waals surface area (Å²) in [5, 5.41) is 1.64. The molecule has 1 N–H and O–H groups in total. The van der Waals surface area contributed by atoms with Gasteiger partial charge in [0.15, 0.2) is 15.0 Å². The summed E-state index contributed by atoms with van der Waals surface area (Å²) in [6.45, 7) is 4.41. The topological polar surface area (TPSA) is 105 Å². The molecule has 2 fully saturated rings. The Labute approximate surface area is 187 Å². The van der Waals surface area contributed by atoms with Crippen LogP contribution in [-0.4, -0.2) is 60.5 Å². The second kappa shape index (κ2) is 8.58. The number of ether oxygens (including phenoxy) is 1. The highest BCUT2D eigenvalue weighted by Crippen LogP contribution is 2.45. The number of para-hydroxylation sites is 1. The van der Waals surface area contributed by atoms with E-state index in [4.69, 9.17) is 4.74 Å². The lowest BCUT2D eigenvalue weighted by molar-refractivity contribution is -0.137. The van der Waals surface area contributed by atoms with E-state index in [1.54, 1.807) is 20.8 Å². The van der Waals surface area contributed by atoms with Crippen LogP contribution in [-0.2, 0) is 25.5 Å². The van der Waals surface area contributed by atoms with Gasteiger partial charge in [-0.15, -0.1) is 0 Å². The van der Waals surface area contributed by atoms with Crippen LogP contribution in [0, 0.1) is 0 Å². The van der Waals surface area contributed by atoms with Gasteiger partial charge in [-0.25, -0.2) is 13.2 Å². The Morgan fingerprint density at radius 1 is 1.22 bits per heavy atom. The number of carbonyl (C=O) groups excluding carboxylic acids is 2. The Kier molecular flexibility index (Phi) is 6.53. The molecule has 32 heavy (non-hydrogen) atoms. The number of sulfone groups is 1. The lowest BCUT2D eigenvalue weighted by Crippen LogP contribution is -2.39. The molecular formula is C19H22F3N3O5S2. The number of nitrogens with zero attached hydrogens (tertiary/aromatic N) is 2. The second-order valence-corrected chi connectivity index (χ2v) is 11.7. The van der Waals surface area contributed by atoms with E-state index in [2.05, 4.69) is 10.3 Å². The predicted octanol–water partition coefficient (Wildman–Crippen LogP) is 2.83. The molecule has 0 radical (unpaired) electrons. The molecule has 1 aromatic carbocycles. The minimum atomic E-state index is -4.69.